The van der Waals surface area contributed by atoms with E-state index in [-0.39, 0.29) is 5.91 Å². The van der Waals surface area contributed by atoms with Crippen molar-refractivity contribution in [1.82, 2.24) is 15.5 Å². The molecule has 0 fully saturated rings. The smallest absolute Gasteiger partial charge is 0.244 e. The molecule has 0 unspecified atom stereocenters. The number of benzene rings is 1. The minimum absolute atomic E-state index is 0.114. The van der Waals surface area contributed by atoms with Crippen LogP contribution >= 0.6 is 0 Å². The zero-order chi connectivity index (χ0) is 16.1. The first-order valence-corrected chi connectivity index (χ1v) is 7.21. The van der Waals surface area contributed by atoms with Gasteiger partial charge in [-0.05, 0) is 37.6 Å². The summed E-state index contributed by atoms with van der Waals surface area (Å²) in [6, 6.07) is 8.03. The van der Waals surface area contributed by atoms with Gasteiger partial charge in [0.2, 0.25) is 5.91 Å². The molecule has 5 heteroatoms. The van der Waals surface area contributed by atoms with Crippen molar-refractivity contribution in [2.75, 3.05) is 19.0 Å². The van der Waals surface area contributed by atoms with Gasteiger partial charge >= 0.3 is 0 Å². The summed E-state index contributed by atoms with van der Waals surface area (Å²) in [6.45, 7) is 4.35. The second kappa shape index (κ2) is 6.93. The molecule has 2 rings (SSSR count). The van der Waals surface area contributed by atoms with Crippen LogP contribution in [0.25, 0.3) is 6.08 Å². The van der Waals surface area contributed by atoms with Crippen LogP contribution in [0, 0.1) is 13.8 Å². The molecule has 1 aromatic heterocycles. The molecule has 0 radical (unpaired) electrons. The minimum atomic E-state index is -0.114. The van der Waals surface area contributed by atoms with Gasteiger partial charge < -0.3 is 10.2 Å². The normalized spacial score (nSPS) is 10.9. The van der Waals surface area contributed by atoms with Gasteiger partial charge in [-0.15, -0.1) is 0 Å². The summed E-state index contributed by atoms with van der Waals surface area (Å²) in [4.78, 5) is 13.9. The maximum Gasteiger partial charge on any atom is 0.244 e. The molecule has 2 N–H and O–H groups in total. The Bertz CT molecular complexity index is 649. The van der Waals surface area contributed by atoms with Crippen LogP contribution in [-0.2, 0) is 11.3 Å². The van der Waals surface area contributed by atoms with Gasteiger partial charge in [-0.2, -0.15) is 5.10 Å². The van der Waals surface area contributed by atoms with Gasteiger partial charge in [-0.1, -0.05) is 12.1 Å². The molecule has 0 saturated carbocycles. The molecule has 0 aliphatic rings. The highest BCUT2D eigenvalue weighted by Crippen LogP contribution is 2.13. The number of H-pyrrole nitrogens is 1. The van der Waals surface area contributed by atoms with E-state index in [0.29, 0.717) is 6.54 Å². The number of hydrogen-bond donors (Lipinski definition) is 2. The molecule has 2 aromatic rings. The van der Waals surface area contributed by atoms with Gasteiger partial charge in [-0.3, -0.25) is 9.89 Å². The van der Waals surface area contributed by atoms with Crippen molar-refractivity contribution in [3.8, 4) is 0 Å². The van der Waals surface area contributed by atoms with Gasteiger partial charge in [0.25, 0.3) is 0 Å². The minimum Gasteiger partial charge on any atom is -0.378 e. The van der Waals surface area contributed by atoms with Crippen LogP contribution in [0.1, 0.15) is 22.5 Å². The zero-order valence-electron chi connectivity index (χ0n) is 13.5. The fraction of sp³-hybridized carbons (Fsp3) is 0.294. The lowest BCUT2D eigenvalue weighted by molar-refractivity contribution is -0.116. The summed E-state index contributed by atoms with van der Waals surface area (Å²) in [5.74, 6) is -0.114. The van der Waals surface area contributed by atoms with E-state index in [2.05, 4.69) is 15.5 Å². The molecule has 22 heavy (non-hydrogen) atoms. The molecule has 1 heterocycles. The lowest BCUT2D eigenvalue weighted by atomic mass is 10.2. The Hall–Kier alpha value is -2.56. The lowest BCUT2D eigenvalue weighted by Crippen LogP contribution is -2.20. The molecule has 1 aromatic carbocycles. The van der Waals surface area contributed by atoms with Crippen molar-refractivity contribution in [1.29, 1.82) is 0 Å². The largest absolute Gasteiger partial charge is 0.378 e. The zero-order valence-corrected chi connectivity index (χ0v) is 13.5. The number of carbonyl (C=O) groups excluding carboxylic acids is 1. The monoisotopic (exact) mass is 298 g/mol. The Morgan fingerprint density at radius 1 is 1.27 bits per heavy atom. The number of nitrogens with one attached hydrogen (secondary N) is 2. The topological polar surface area (TPSA) is 61.0 Å². The van der Waals surface area contributed by atoms with E-state index in [9.17, 15) is 4.79 Å². The Morgan fingerprint density at radius 2 is 1.95 bits per heavy atom. The van der Waals surface area contributed by atoms with Gasteiger partial charge in [-0.25, -0.2) is 0 Å². The number of hydrogen-bond acceptors (Lipinski definition) is 3. The van der Waals surface area contributed by atoms with Crippen LogP contribution in [0.2, 0.25) is 0 Å². The third kappa shape index (κ3) is 3.97. The maximum absolute atomic E-state index is 11.9. The second-order valence-electron chi connectivity index (χ2n) is 5.45. The van der Waals surface area contributed by atoms with Gasteiger partial charge in [0, 0.05) is 43.7 Å². The van der Waals surface area contributed by atoms with Crippen LogP contribution < -0.4 is 10.2 Å². The number of amides is 1. The highest BCUT2D eigenvalue weighted by Gasteiger charge is 2.06. The average molecular weight is 298 g/mol. The number of aromatic nitrogens is 2. The number of aromatic amines is 1. The summed E-state index contributed by atoms with van der Waals surface area (Å²) < 4.78 is 0. The quantitative estimate of drug-likeness (QED) is 0.833. The summed E-state index contributed by atoms with van der Waals surface area (Å²) >= 11 is 0. The molecule has 0 saturated heterocycles. The predicted octanol–water partition coefficient (Wildman–Crippen LogP) is 2.42. The van der Waals surface area contributed by atoms with E-state index in [1.807, 2.05) is 63.2 Å². The Labute approximate surface area is 131 Å². The van der Waals surface area contributed by atoms with Crippen molar-refractivity contribution in [2.45, 2.75) is 20.4 Å². The first-order chi connectivity index (χ1) is 10.5. The van der Waals surface area contributed by atoms with E-state index < -0.39 is 0 Å². The number of rotatable bonds is 5. The first kappa shape index (κ1) is 15.8. The number of aryl methyl sites for hydroxylation is 2. The average Bonchev–Trinajstić information content (AvgIpc) is 2.82. The molecular weight excluding hydrogens is 276 g/mol. The standard InChI is InChI=1S/C17H22N4O/c1-12-16(13(2)20-19-12)11-18-17(22)10-7-14-5-8-15(9-6-14)21(3)4/h5-10H,11H2,1-4H3,(H,18,22)(H,19,20)/b10-7+. The molecule has 0 atom stereocenters. The fourth-order valence-electron chi connectivity index (χ4n) is 2.12. The van der Waals surface area contributed by atoms with Crippen molar-refractivity contribution in [2.24, 2.45) is 0 Å². The number of anilines is 1. The van der Waals surface area contributed by atoms with Crippen molar-refractivity contribution in [3.63, 3.8) is 0 Å². The predicted molar refractivity (Wildman–Crippen MR) is 89.7 cm³/mol. The van der Waals surface area contributed by atoms with Crippen LogP contribution in [0.4, 0.5) is 5.69 Å². The van der Waals surface area contributed by atoms with Crippen LogP contribution in [0.15, 0.2) is 30.3 Å². The summed E-state index contributed by atoms with van der Waals surface area (Å²) in [5, 5.41) is 9.89. The molecule has 0 aliphatic carbocycles. The van der Waals surface area contributed by atoms with Gasteiger partial charge in [0.15, 0.2) is 0 Å². The van der Waals surface area contributed by atoms with E-state index in [1.54, 1.807) is 6.08 Å². The maximum atomic E-state index is 11.9. The van der Waals surface area contributed by atoms with Crippen molar-refractivity contribution in [3.05, 3.63) is 52.9 Å². The molecule has 116 valence electrons. The second-order valence-corrected chi connectivity index (χ2v) is 5.45. The Morgan fingerprint density at radius 3 is 2.50 bits per heavy atom. The lowest BCUT2D eigenvalue weighted by Gasteiger charge is -2.11. The van der Waals surface area contributed by atoms with E-state index in [4.69, 9.17) is 0 Å². The van der Waals surface area contributed by atoms with Crippen LogP contribution in [-0.4, -0.2) is 30.2 Å². The SMILES string of the molecule is Cc1n[nH]c(C)c1CNC(=O)/C=C/c1ccc(N(C)C)cc1. The fourth-order valence-corrected chi connectivity index (χ4v) is 2.12. The molecular formula is C17H22N4O. The van der Waals surface area contributed by atoms with E-state index in [0.717, 1.165) is 28.2 Å². The van der Waals surface area contributed by atoms with Gasteiger partial charge in [0.1, 0.15) is 0 Å². The highest BCUT2D eigenvalue weighted by molar-refractivity contribution is 5.91. The van der Waals surface area contributed by atoms with Gasteiger partial charge in [0.05, 0.1) is 5.69 Å². The molecule has 0 spiro atoms. The first-order valence-electron chi connectivity index (χ1n) is 7.21. The molecule has 0 aliphatic heterocycles. The van der Waals surface area contributed by atoms with Crippen LogP contribution in [0.3, 0.4) is 0 Å². The third-order valence-electron chi connectivity index (χ3n) is 3.56. The molecule has 1 amide bonds. The molecule has 5 nitrogen and oxygen atoms in total. The number of nitrogens with zero attached hydrogens (tertiary/aromatic N) is 2. The van der Waals surface area contributed by atoms with Crippen molar-refractivity contribution >= 4 is 17.7 Å². The molecule has 0 bridgehead atoms. The number of carbonyl (C=O) groups is 1. The van der Waals surface area contributed by atoms with E-state index in [1.165, 1.54) is 0 Å². The third-order valence-corrected chi connectivity index (χ3v) is 3.56. The Balaban J connectivity index is 1.91. The Kier molecular flexibility index (Phi) is 4.99. The van der Waals surface area contributed by atoms with Crippen LogP contribution in [0.5, 0.6) is 0 Å². The highest BCUT2D eigenvalue weighted by atomic mass is 16.1. The van der Waals surface area contributed by atoms with E-state index >= 15 is 0 Å². The summed E-state index contributed by atoms with van der Waals surface area (Å²) in [7, 11) is 4.00. The van der Waals surface area contributed by atoms with Crippen molar-refractivity contribution < 1.29 is 4.79 Å². The summed E-state index contributed by atoms with van der Waals surface area (Å²) in [5.41, 5.74) is 5.07. The summed E-state index contributed by atoms with van der Waals surface area (Å²) in [6.07, 6.45) is 3.36.